The first-order valence-electron chi connectivity index (χ1n) is 8.10. The summed E-state index contributed by atoms with van der Waals surface area (Å²) >= 11 is 0. The smallest absolute Gasteiger partial charge is 0.326 e. The Hall–Kier alpha value is -1.84. The summed E-state index contributed by atoms with van der Waals surface area (Å²) in [6, 6.07) is 7.70. The van der Waals surface area contributed by atoms with E-state index in [0.29, 0.717) is 31.7 Å². The highest BCUT2D eigenvalue weighted by Crippen LogP contribution is 2.20. The van der Waals surface area contributed by atoms with Gasteiger partial charge in [0.05, 0.1) is 0 Å². The number of nitrogens with zero attached hydrogens (tertiary/aromatic N) is 1. The van der Waals surface area contributed by atoms with Crippen LogP contribution in [0, 0.1) is 0 Å². The Kier molecular flexibility index (Phi) is 5.58. The van der Waals surface area contributed by atoms with Gasteiger partial charge >= 0.3 is 5.97 Å². The normalized spacial score (nSPS) is 18.5. The Morgan fingerprint density at radius 2 is 1.91 bits per heavy atom. The van der Waals surface area contributed by atoms with Gasteiger partial charge in [0.15, 0.2) is 0 Å². The number of piperidine rings is 1. The van der Waals surface area contributed by atoms with E-state index in [1.54, 1.807) is 4.90 Å². The second kappa shape index (κ2) is 7.43. The van der Waals surface area contributed by atoms with E-state index in [-0.39, 0.29) is 5.91 Å². The highest BCUT2D eigenvalue weighted by molar-refractivity contribution is 5.84. The Morgan fingerprint density at radius 1 is 1.23 bits per heavy atom. The van der Waals surface area contributed by atoms with Gasteiger partial charge in [0.1, 0.15) is 6.04 Å². The van der Waals surface area contributed by atoms with Gasteiger partial charge in [-0.1, -0.05) is 38.1 Å². The predicted octanol–water partition coefficient (Wildman–Crippen LogP) is 3.21. The lowest BCUT2D eigenvalue weighted by Crippen LogP contribution is -2.48. The molecular weight excluding hydrogens is 278 g/mol. The number of aliphatic carboxylic acids is 1. The summed E-state index contributed by atoms with van der Waals surface area (Å²) in [7, 11) is 0. The van der Waals surface area contributed by atoms with Gasteiger partial charge in [-0.2, -0.15) is 0 Å². The number of benzene rings is 1. The summed E-state index contributed by atoms with van der Waals surface area (Å²) in [6.45, 7) is 4.88. The largest absolute Gasteiger partial charge is 0.480 e. The van der Waals surface area contributed by atoms with Gasteiger partial charge in [0, 0.05) is 13.0 Å². The van der Waals surface area contributed by atoms with Crippen LogP contribution in [0.5, 0.6) is 0 Å². The van der Waals surface area contributed by atoms with Gasteiger partial charge in [-0.3, -0.25) is 4.79 Å². The molecule has 4 heteroatoms. The van der Waals surface area contributed by atoms with Crippen LogP contribution in [-0.4, -0.2) is 34.5 Å². The van der Waals surface area contributed by atoms with Crippen molar-refractivity contribution in [3.05, 3.63) is 35.4 Å². The summed E-state index contributed by atoms with van der Waals surface area (Å²) < 4.78 is 0. The van der Waals surface area contributed by atoms with Crippen LogP contribution >= 0.6 is 0 Å². The highest BCUT2D eigenvalue weighted by Gasteiger charge is 2.31. The van der Waals surface area contributed by atoms with Crippen LogP contribution in [0.4, 0.5) is 0 Å². The van der Waals surface area contributed by atoms with E-state index >= 15 is 0 Å². The summed E-state index contributed by atoms with van der Waals surface area (Å²) in [5.74, 6) is -0.422. The number of aryl methyl sites for hydroxylation is 1. The summed E-state index contributed by atoms with van der Waals surface area (Å²) in [4.78, 5) is 25.1. The number of rotatable bonds is 5. The quantitative estimate of drug-likeness (QED) is 0.908. The number of carbonyl (C=O) groups excluding carboxylic acids is 1. The van der Waals surface area contributed by atoms with Crippen molar-refractivity contribution in [1.29, 1.82) is 0 Å². The standard InChI is InChI=1S/C18H25NO3/c1-13(2)15-9-6-14(7-10-15)8-11-17(20)19-12-4-3-5-16(19)18(21)22/h6-7,9-10,13,16H,3-5,8,11-12H2,1-2H3,(H,21,22)/t16-/m1/s1. The van der Waals surface area contributed by atoms with Crippen LogP contribution in [0.15, 0.2) is 24.3 Å². The van der Waals surface area contributed by atoms with E-state index in [9.17, 15) is 14.7 Å². The fraction of sp³-hybridized carbons (Fsp3) is 0.556. The van der Waals surface area contributed by atoms with Crippen molar-refractivity contribution in [3.63, 3.8) is 0 Å². The molecular formula is C18H25NO3. The fourth-order valence-electron chi connectivity index (χ4n) is 2.95. The maximum Gasteiger partial charge on any atom is 0.326 e. The second-order valence-electron chi connectivity index (χ2n) is 6.33. The molecule has 1 atom stereocenters. The third kappa shape index (κ3) is 4.09. The number of hydrogen-bond acceptors (Lipinski definition) is 2. The molecule has 1 saturated heterocycles. The van der Waals surface area contributed by atoms with Gasteiger partial charge in [0.25, 0.3) is 0 Å². The molecule has 1 aliphatic heterocycles. The highest BCUT2D eigenvalue weighted by atomic mass is 16.4. The molecule has 0 unspecified atom stereocenters. The minimum atomic E-state index is -0.880. The number of carboxylic acid groups (broad SMARTS) is 1. The number of carbonyl (C=O) groups is 2. The lowest BCUT2D eigenvalue weighted by Gasteiger charge is -2.33. The Labute approximate surface area is 132 Å². The molecule has 2 rings (SSSR count). The van der Waals surface area contributed by atoms with Crippen molar-refractivity contribution in [2.45, 2.75) is 57.9 Å². The number of amides is 1. The molecule has 1 amide bonds. The molecule has 4 nitrogen and oxygen atoms in total. The average molecular weight is 303 g/mol. The van der Waals surface area contributed by atoms with Crippen molar-refractivity contribution in [2.75, 3.05) is 6.54 Å². The Morgan fingerprint density at radius 3 is 2.50 bits per heavy atom. The zero-order valence-corrected chi connectivity index (χ0v) is 13.4. The molecule has 22 heavy (non-hydrogen) atoms. The minimum absolute atomic E-state index is 0.0416. The molecule has 1 aromatic rings. The van der Waals surface area contributed by atoms with Gasteiger partial charge in [-0.25, -0.2) is 4.79 Å². The number of carboxylic acids is 1. The number of hydrogen-bond donors (Lipinski definition) is 1. The van der Waals surface area contributed by atoms with Gasteiger partial charge < -0.3 is 10.0 Å². The van der Waals surface area contributed by atoms with Crippen molar-refractivity contribution in [3.8, 4) is 0 Å². The number of likely N-dealkylation sites (tertiary alicyclic amines) is 1. The van der Waals surface area contributed by atoms with Gasteiger partial charge in [-0.15, -0.1) is 0 Å². The third-order valence-corrected chi connectivity index (χ3v) is 4.38. The third-order valence-electron chi connectivity index (χ3n) is 4.38. The predicted molar refractivity (Wildman–Crippen MR) is 85.8 cm³/mol. The van der Waals surface area contributed by atoms with Crippen LogP contribution in [0.25, 0.3) is 0 Å². The second-order valence-corrected chi connectivity index (χ2v) is 6.33. The summed E-state index contributed by atoms with van der Waals surface area (Å²) in [5.41, 5.74) is 2.42. The molecule has 0 aromatic heterocycles. The van der Waals surface area contributed by atoms with Gasteiger partial charge in [-0.05, 0) is 42.7 Å². The Balaban J connectivity index is 1.92. The topological polar surface area (TPSA) is 57.6 Å². The van der Waals surface area contributed by atoms with E-state index in [2.05, 4.69) is 38.1 Å². The SMILES string of the molecule is CC(C)c1ccc(CCC(=O)N2CCCC[C@@H]2C(=O)O)cc1. The molecule has 0 saturated carbocycles. The van der Waals surface area contributed by atoms with Crippen LogP contribution in [-0.2, 0) is 16.0 Å². The van der Waals surface area contributed by atoms with E-state index in [4.69, 9.17) is 0 Å². The molecule has 1 aromatic carbocycles. The molecule has 0 bridgehead atoms. The maximum atomic E-state index is 12.3. The van der Waals surface area contributed by atoms with Crippen molar-refractivity contribution in [1.82, 2.24) is 4.90 Å². The van der Waals surface area contributed by atoms with Crippen molar-refractivity contribution < 1.29 is 14.7 Å². The molecule has 1 fully saturated rings. The summed E-state index contributed by atoms with van der Waals surface area (Å²) in [5, 5.41) is 9.23. The van der Waals surface area contributed by atoms with E-state index < -0.39 is 12.0 Å². The first-order valence-corrected chi connectivity index (χ1v) is 8.10. The minimum Gasteiger partial charge on any atom is -0.480 e. The summed E-state index contributed by atoms with van der Waals surface area (Å²) in [6.07, 6.45) is 3.41. The zero-order chi connectivity index (χ0) is 16.1. The monoisotopic (exact) mass is 303 g/mol. The average Bonchev–Trinajstić information content (AvgIpc) is 2.53. The maximum absolute atomic E-state index is 12.3. The molecule has 120 valence electrons. The van der Waals surface area contributed by atoms with Crippen molar-refractivity contribution >= 4 is 11.9 Å². The fourth-order valence-corrected chi connectivity index (χ4v) is 2.95. The van der Waals surface area contributed by atoms with E-state index in [1.165, 1.54) is 5.56 Å². The molecule has 0 aliphatic carbocycles. The molecule has 1 N–H and O–H groups in total. The van der Waals surface area contributed by atoms with E-state index in [0.717, 1.165) is 18.4 Å². The molecule has 1 heterocycles. The van der Waals surface area contributed by atoms with Crippen LogP contribution in [0.2, 0.25) is 0 Å². The van der Waals surface area contributed by atoms with Crippen LogP contribution in [0.3, 0.4) is 0 Å². The lowest BCUT2D eigenvalue weighted by molar-refractivity contribution is -0.152. The van der Waals surface area contributed by atoms with Crippen LogP contribution in [0.1, 0.15) is 56.6 Å². The zero-order valence-electron chi connectivity index (χ0n) is 13.4. The lowest BCUT2D eigenvalue weighted by atomic mass is 9.99. The molecule has 0 radical (unpaired) electrons. The Bertz CT molecular complexity index is 522. The molecule has 1 aliphatic rings. The van der Waals surface area contributed by atoms with Gasteiger partial charge in [0.2, 0.25) is 5.91 Å². The first-order chi connectivity index (χ1) is 10.5. The van der Waals surface area contributed by atoms with Crippen LogP contribution < -0.4 is 0 Å². The van der Waals surface area contributed by atoms with Crippen molar-refractivity contribution in [2.24, 2.45) is 0 Å². The molecule has 0 spiro atoms. The first kappa shape index (κ1) is 16.5. The van der Waals surface area contributed by atoms with E-state index in [1.807, 2.05) is 0 Å².